The van der Waals surface area contributed by atoms with Crippen LogP contribution in [0.5, 0.6) is 5.75 Å². The van der Waals surface area contributed by atoms with Gasteiger partial charge in [-0.25, -0.2) is 0 Å². The number of carbonyl (C=O) groups is 2. The van der Waals surface area contributed by atoms with Gasteiger partial charge in [-0.3, -0.25) is 19.5 Å². The molecule has 1 atom stereocenters. The van der Waals surface area contributed by atoms with Crippen molar-refractivity contribution in [2.75, 3.05) is 46.0 Å². The van der Waals surface area contributed by atoms with E-state index in [0.717, 1.165) is 74.6 Å². The molecule has 41 heavy (non-hydrogen) atoms. The van der Waals surface area contributed by atoms with Crippen LogP contribution in [0.4, 0.5) is 0 Å². The molecule has 1 aromatic heterocycles. The average molecular weight is 558 g/mol. The minimum absolute atomic E-state index is 0.00997. The van der Waals surface area contributed by atoms with Gasteiger partial charge in [0, 0.05) is 62.1 Å². The molecule has 3 aromatic rings. The molecule has 0 bridgehead atoms. The molecule has 1 saturated heterocycles. The fourth-order valence-electron chi connectivity index (χ4n) is 5.14. The van der Waals surface area contributed by atoms with Crippen molar-refractivity contribution in [3.05, 3.63) is 84.2 Å². The van der Waals surface area contributed by atoms with Gasteiger partial charge < -0.3 is 19.5 Å². The molecular weight excluding hydrogens is 517 g/mol. The van der Waals surface area contributed by atoms with Crippen LogP contribution in [-0.2, 0) is 9.53 Å². The van der Waals surface area contributed by atoms with E-state index in [2.05, 4.69) is 17.7 Å². The zero-order valence-electron chi connectivity index (χ0n) is 23.9. The van der Waals surface area contributed by atoms with Crippen molar-refractivity contribution in [2.24, 2.45) is 0 Å². The molecule has 0 spiro atoms. The number of pyridine rings is 1. The van der Waals surface area contributed by atoms with Crippen LogP contribution < -0.4 is 4.74 Å². The average Bonchev–Trinajstić information content (AvgIpc) is 3.01. The minimum atomic E-state index is -0.768. The summed E-state index contributed by atoms with van der Waals surface area (Å²) < 4.78 is 11.6. The van der Waals surface area contributed by atoms with Crippen LogP contribution in [0.25, 0.3) is 11.1 Å². The molecule has 1 aliphatic heterocycles. The number of aliphatic carboxylic acids is 1. The van der Waals surface area contributed by atoms with E-state index in [0.29, 0.717) is 25.1 Å². The lowest BCUT2D eigenvalue weighted by Crippen LogP contribution is -2.40. The van der Waals surface area contributed by atoms with Crippen LogP contribution in [0, 0.1) is 0 Å². The fraction of sp³-hybridized carbons (Fsp3) is 0.406. The summed E-state index contributed by atoms with van der Waals surface area (Å²) >= 11 is 0. The van der Waals surface area contributed by atoms with E-state index in [1.807, 2.05) is 65.6 Å². The summed E-state index contributed by atoms with van der Waals surface area (Å²) in [5.74, 6) is -0.216. The Kier molecular flexibility index (Phi) is 11.8. The Morgan fingerprint density at radius 1 is 0.951 bits per heavy atom. The van der Waals surface area contributed by atoms with Crippen molar-refractivity contribution < 1.29 is 24.2 Å². The fourth-order valence-corrected chi connectivity index (χ4v) is 5.14. The van der Waals surface area contributed by atoms with Crippen LogP contribution in [0.1, 0.15) is 54.0 Å². The first-order valence-electron chi connectivity index (χ1n) is 14.6. The maximum Gasteiger partial charge on any atom is 0.303 e. The second kappa shape index (κ2) is 15.9. The zero-order chi connectivity index (χ0) is 28.9. The monoisotopic (exact) mass is 557 g/mol. The second-order valence-corrected chi connectivity index (χ2v) is 10.4. The molecule has 0 aliphatic carbocycles. The number of carboxylic acids is 1. The standard InChI is InChI=1S/C32H40BN3O5/c33-31(28-7-3-4-8-29(28)41-22-5-1-2-9-30(37)38)36(19-6-18-35-20-23-40-24-21-35)32(39)27-12-10-25(11-13-27)26-14-16-34-17-15-26/h3-4,7-8,10-17,31H,1-2,5-6,9,18-24,33H2,(H,37,38). The lowest BCUT2D eigenvalue weighted by molar-refractivity contribution is -0.137. The summed E-state index contributed by atoms with van der Waals surface area (Å²) in [5, 5.41) is 8.85. The number of rotatable bonds is 15. The summed E-state index contributed by atoms with van der Waals surface area (Å²) in [7, 11) is 2.06. The Hall–Kier alpha value is -3.69. The van der Waals surface area contributed by atoms with Gasteiger partial charge in [0.25, 0.3) is 5.91 Å². The molecule has 0 saturated carbocycles. The molecule has 8 nitrogen and oxygen atoms in total. The van der Waals surface area contributed by atoms with Crippen LogP contribution in [0.15, 0.2) is 73.1 Å². The van der Waals surface area contributed by atoms with Gasteiger partial charge in [0.15, 0.2) is 0 Å². The van der Waals surface area contributed by atoms with Gasteiger partial charge in [-0.2, -0.15) is 0 Å². The Labute approximate surface area is 243 Å². The van der Waals surface area contributed by atoms with Gasteiger partial charge in [-0.15, -0.1) is 0 Å². The molecular formula is C32H40BN3O5. The van der Waals surface area contributed by atoms with E-state index >= 15 is 0 Å². The highest BCUT2D eigenvalue weighted by atomic mass is 16.5. The van der Waals surface area contributed by atoms with Gasteiger partial charge in [0.1, 0.15) is 13.6 Å². The second-order valence-electron chi connectivity index (χ2n) is 10.4. The Balaban J connectivity index is 1.47. The number of amides is 1. The molecule has 1 N–H and O–H groups in total. The summed E-state index contributed by atoms with van der Waals surface area (Å²) in [4.78, 5) is 33.2. The summed E-state index contributed by atoms with van der Waals surface area (Å²) in [5.41, 5.74) is 3.71. The lowest BCUT2D eigenvalue weighted by Gasteiger charge is -2.33. The van der Waals surface area contributed by atoms with Gasteiger partial charge >= 0.3 is 5.97 Å². The maximum absolute atomic E-state index is 14.0. The highest BCUT2D eigenvalue weighted by Crippen LogP contribution is 2.29. The predicted molar refractivity (Wildman–Crippen MR) is 162 cm³/mol. The number of carboxylic acid groups (broad SMARTS) is 1. The van der Waals surface area contributed by atoms with E-state index in [1.54, 1.807) is 12.4 Å². The maximum atomic E-state index is 14.0. The van der Waals surface area contributed by atoms with E-state index in [1.165, 1.54) is 0 Å². The minimum Gasteiger partial charge on any atom is -0.493 e. The van der Waals surface area contributed by atoms with E-state index in [4.69, 9.17) is 14.6 Å². The molecule has 0 radical (unpaired) electrons. The predicted octanol–water partition coefficient (Wildman–Crippen LogP) is 4.27. The number of ether oxygens (including phenoxy) is 2. The zero-order valence-corrected chi connectivity index (χ0v) is 23.9. The van der Waals surface area contributed by atoms with Crippen molar-refractivity contribution >= 4 is 19.7 Å². The number of carbonyl (C=O) groups excluding carboxylic acids is 1. The first kappa shape index (κ1) is 30.3. The third-order valence-corrected chi connectivity index (χ3v) is 7.51. The van der Waals surface area contributed by atoms with Crippen molar-refractivity contribution in [3.63, 3.8) is 0 Å². The van der Waals surface area contributed by atoms with E-state index in [-0.39, 0.29) is 18.3 Å². The normalized spacial score (nSPS) is 14.3. The third kappa shape index (κ3) is 9.16. The molecule has 4 rings (SSSR count). The van der Waals surface area contributed by atoms with Crippen LogP contribution in [0.2, 0.25) is 0 Å². The molecule has 216 valence electrons. The van der Waals surface area contributed by atoms with Gasteiger partial charge in [0.05, 0.1) is 19.8 Å². The van der Waals surface area contributed by atoms with Crippen molar-refractivity contribution in [3.8, 4) is 16.9 Å². The smallest absolute Gasteiger partial charge is 0.303 e. The summed E-state index contributed by atoms with van der Waals surface area (Å²) in [6, 6.07) is 19.6. The van der Waals surface area contributed by atoms with E-state index < -0.39 is 5.97 Å². The third-order valence-electron chi connectivity index (χ3n) is 7.51. The van der Waals surface area contributed by atoms with Crippen LogP contribution in [-0.4, -0.2) is 85.6 Å². The number of hydrogen-bond acceptors (Lipinski definition) is 6. The number of unbranched alkanes of at least 4 members (excludes halogenated alkanes) is 2. The number of morpholine rings is 1. The Morgan fingerprint density at radius 2 is 1.66 bits per heavy atom. The number of aromatic nitrogens is 1. The molecule has 2 heterocycles. The first-order valence-corrected chi connectivity index (χ1v) is 14.6. The first-order chi connectivity index (χ1) is 20.0. The molecule has 1 amide bonds. The largest absolute Gasteiger partial charge is 0.493 e. The van der Waals surface area contributed by atoms with Gasteiger partial charge in [-0.1, -0.05) is 30.3 Å². The molecule has 2 aromatic carbocycles. The molecule has 1 fully saturated rings. The number of nitrogens with zero attached hydrogens (tertiary/aromatic N) is 3. The van der Waals surface area contributed by atoms with Gasteiger partial charge in [0.2, 0.25) is 0 Å². The molecule has 1 unspecified atom stereocenters. The summed E-state index contributed by atoms with van der Waals surface area (Å²) in [6.07, 6.45) is 6.79. The van der Waals surface area contributed by atoms with Crippen molar-refractivity contribution in [1.29, 1.82) is 0 Å². The number of para-hydroxylation sites is 1. The number of hydrogen-bond donors (Lipinski definition) is 1. The number of benzene rings is 2. The van der Waals surface area contributed by atoms with Crippen LogP contribution >= 0.6 is 0 Å². The lowest BCUT2D eigenvalue weighted by atomic mass is 9.86. The van der Waals surface area contributed by atoms with E-state index in [9.17, 15) is 9.59 Å². The Bertz CT molecular complexity index is 1240. The molecule has 1 aliphatic rings. The van der Waals surface area contributed by atoms with Crippen LogP contribution in [0.3, 0.4) is 0 Å². The Morgan fingerprint density at radius 3 is 2.39 bits per heavy atom. The van der Waals surface area contributed by atoms with Gasteiger partial charge in [-0.05, 0) is 67.1 Å². The quantitative estimate of drug-likeness (QED) is 0.221. The highest BCUT2D eigenvalue weighted by molar-refractivity contribution is 6.14. The topological polar surface area (TPSA) is 92.2 Å². The van der Waals surface area contributed by atoms with Crippen molar-refractivity contribution in [1.82, 2.24) is 14.8 Å². The SMILES string of the molecule is BC(c1ccccc1OCCCCCC(=O)O)N(CCCN1CCOCC1)C(=O)c1ccc(-c2ccncc2)cc1. The highest BCUT2D eigenvalue weighted by Gasteiger charge is 2.25. The summed E-state index contributed by atoms with van der Waals surface area (Å²) in [6.45, 7) is 5.38. The van der Waals surface area contributed by atoms with Crippen molar-refractivity contribution in [2.45, 2.75) is 38.0 Å². The molecule has 9 heteroatoms.